The van der Waals surface area contributed by atoms with Gasteiger partial charge in [0.2, 0.25) is 0 Å². The molecule has 0 saturated carbocycles. The van der Waals surface area contributed by atoms with Gasteiger partial charge >= 0.3 is 24.1 Å². The molecule has 16 nitrogen and oxygen atoms in total. The fraction of sp³-hybridized carbons (Fsp3) is 0.680. The van der Waals surface area contributed by atoms with Gasteiger partial charge in [0.15, 0.2) is 0 Å². The van der Waals surface area contributed by atoms with Crippen LogP contribution in [0, 0.1) is 0 Å². The number of carboxylic acids is 1. The van der Waals surface area contributed by atoms with E-state index in [-0.39, 0.29) is 25.2 Å². The van der Waals surface area contributed by atoms with E-state index in [0.29, 0.717) is 85.5 Å². The fourth-order valence-electron chi connectivity index (χ4n) is 6.79. The predicted octanol–water partition coefficient (Wildman–Crippen LogP) is 8.22. The van der Waals surface area contributed by atoms with Gasteiger partial charge in [0.1, 0.15) is 28.9 Å². The van der Waals surface area contributed by atoms with Crippen LogP contribution in [0.25, 0.3) is 0 Å². The van der Waals surface area contributed by atoms with E-state index in [2.05, 4.69) is 0 Å². The molecule has 2 amide bonds. The standard InChI is InChI=1S/C27H43NO7.C23H35NO7/c1-26(2,3)34-24(29)23-18-22(19-28(23)25(30)35-27(4,5)6)33-17-11-15-31-14-10-16-32-20-21-12-8-7-9-13-21;1-23(2,3)31-22(27)24-16-19(15-20(24)21(25)26)30-14-8-12-28-11-7-13-29-17-18-9-5-4-6-10-18/h7-9,12-13,22-23H,10-11,14-20H2,1-6H3;4-6,9-10,19-20H,7-8,11-17H2,1-3H3,(H,25,26)/t22-,23+;19-,20+/m11/s1. The summed E-state index contributed by atoms with van der Waals surface area (Å²) in [6, 6.07) is 18.5. The van der Waals surface area contributed by atoms with Crippen LogP contribution in [-0.4, -0.2) is 146 Å². The number of benzene rings is 2. The number of amides is 2. The zero-order valence-corrected chi connectivity index (χ0v) is 41.0. The Morgan fingerprint density at radius 2 is 0.848 bits per heavy atom. The lowest BCUT2D eigenvalue weighted by atomic mass is 10.1. The van der Waals surface area contributed by atoms with Crippen molar-refractivity contribution in [3.63, 3.8) is 0 Å². The largest absolute Gasteiger partial charge is 0.480 e. The Labute approximate surface area is 392 Å². The maximum atomic E-state index is 12.7. The SMILES string of the molecule is CC(C)(C)OC(=O)N1C[C@H](OCCCOCCCOCc2ccccc2)C[C@H]1C(=O)O.CC(C)(C)OC(=O)[C@@H]1C[C@@H](OCCCOCCCOCc2ccccc2)CN1C(=O)OC(C)(C)C. The molecular formula is C50H78N2O14. The highest BCUT2D eigenvalue weighted by atomic mass is 16.6. The van der Waals surface area contributed by atoms with Gasteiger partial charge in [0, 0.05) is 65.7 Å². The Balaban J connectivity index is 0.000000353. The normalized spacial score (nSPS) is 18.7. The number of nitrogens with zero attached hydrogens (tertiary/aromatic N) is 2. The lowest BCUT2D eigenvalue weighted by Gasteiger charge is -2.29. The molecule has 0 aliphatic carbocycles. The molecule has 2 aromatic rings. The van der Waals surface area contributed by atoms with Gasteiger partial charge in [-0.05, 0) is 99.1 Å². The Morgan fingerprint density at radius 3 is 1.23 bits per heavy atom. The van der Waals surface area contributed by atoms with Crippen molar-refractivity contribution in [1.29, 1.82) is 0 Å². The summed E-state index contributed by atoms with van der Waals surface area (Å²) in [6.07, 6.45) is 1.99. The van der Waals surface area contributed by atoms with E-state index in [0.717, 1.165) is 30.4 Å². The zero-order chi connectivity index (χ0) is 48.6. The number of rotatable bonds is 24. The number of aliphatic carboxylic acids is 1. The molecule has 66 heavy (non-hydrogen) atoms. The third-order valence-corrected chi connectivity index (χ3v) is 9.70. The number of esters is 1. The second-order valence-corrected chi connectivity index (χ2v) is 19.3. The van der Waals surface area contributed by atoms with Gasteiger partial charge in [-0.25, -0.2) is 19.2 Å². The highest BCUT2D eigenvalue weighted by Crippen LogP contribution is 2.27. The minimum atomic E-state index is -1.05. The smallest absolute Gasteiger partial charge is 0.411 e. The number of likely N-dealkylation sites (tertiary alicyclic amines) is 2. The molecule has 0 radical (unpaired) electrons. The molecule has 4 rings (SSSR count). The predicted molar refractivity (Wildman–Crippen MR) is 248 cm³/mol. The number of carbonyl (C=O) groups is 4. The molecule has 2 saturated heterocycles. The quantitative estimate of drug-likeness (QED) is 0.0605. The van der Waals surface area contributed by atoms with Crippen molar-refractivity contribution in [3.8, 4) is 0 Å². The van der Waals surface area contributed by atoms with Crippen LogP contribution in [0.2, 0.25) is 0 Å². The van der Waals surface area contributed by atoms with Gasteiger partial charge < -0.3 is 47.7 Å². The van der Waals surface area contributed by atoms with E-state index in [9.17, 15) is 24.3 Å². The molecule has 2 fully saturated rings. The molecule has 2 heterocycles. The summed E-state index contributed by atoms with van der Waals surface area (Å²) in [4.78, 5) is 51.9. The van der Waals surface area contributed by atoms with E-state index >= 15 is 0 Å². The van der Waals surface area contributed by atoms with Gasteiger partial charge in [0.05, 0.1) is 38.5 Å². The third kappa shape index (κ3) is 23.9. The van der Waals surface area contributed by atoms with Crippen molar-refractivity contribution in [2.45, 2.75) is 155 Å². The molecule has 372 valence electrons. The second-order valence-electron chi connectivity index (χ2n) is 19.3. The van der Waals surface area contributed by atoms with Crippen molar-refractivity contribution < 1.29 is 66.9 Å². The van der Waals surface area contributed by atoms with Gasteiger partial charge in [-0.2, -0.15) is 0 Å². The fourth-order valence-corrected chi connectivity index (χ4v) is 6.79. The number of hydrogen-bond acceptors (Lipinski definition) is 13. The van der Waals surface area contributed by atoms with Crippen molar-refractivity contribution in [2.24, 2.45) is 0 Å². The molecule has 2 aliphatic heterocycles. The minimum absolute atomic E-state index is 0.214. The maximum absolute atomic E-state index is 12.7. The van der Waals surface area contributed by atoms with Crippen molar-refractivity contribution in [3.05, 3.63) is 71.8 Å². The first-order chi connectivity index (χ1) is 31.2. The van der Waals surface area contributed by atoms with Crippen LogP contribution < -0.4 is 0 Å². The van der Waals surface area contributed by atoms with Gasteiger partial charge in [-0.1, -0.05) is 60.7 Å². The first-order valence-electron chi connectivity index (χ1n) is 23.3. The van der Waals surface area contributed by atoms with E-state index in [1.54, 1.807) is 62.3 Å². The van der Waals surface area contributed by atoms with Crippen molar-refractivity contribution in [1.82, 2.24) is 9.80 Å². The molecule has 0 unspecified atom stereocenters. The average molecular weight is 931 g/mol. The lowest BCUT2D eigenvalue weighted by Crippen LogP contribution is -2.45. The summed E-state index contributed by atoms with van der Waals surface area (Å²) in [5, 5.41) is 9.41. The van der Waals surface area contributed by atoms with Crippen molar-refractivity contribution in [2.75, 3.05) is 65.9 Å². The lowest BCUT2D eigenvalue weighted by molar-refractivity contribution is -0.160. The molecule has 0 spiro atoms. The molecular weight excluding hydrogens is 853 g/mol. The number of carbonyl (C=O) groups excluding carboxylic acids is 3. The van der Waals surface area contributed by atoms with Crippen LogP contribution >= 0.6 is 0 Å². The van der Waals surface area contributed by atoms with E-state index < -0.39 is 53.0 Å². The highest BCUT2D eigenvalue weighted by molar-refractivity contribution is 5.83. The number of hydrogen-bond donors (Lipinski definition) is 1. The summed E-state index contributed by atoms with van der Waals surface area (Å²) in [5.41, 5.74) is 0.348. The Bertz CT molecular complexity index is 1660. The Morgan fingerprint density at radius 1 is 0.500 bits per heavy atom. The molecule has 4 atom stereocenters. The van der Waals surface area contributed by atoms with Crippen molar-refractivity contribution >= 4 is 24.1 Å². The van der Waals surface area contributed by atoms with Gasteiger partial charge in [0.25, 0.3) is 0 Å². The van der Waals surface area contributed by atoms with Gasteiger partial charge in [-0.15, -0.1) is 0 Å². The topological polar surface area (TPSA) is 178 Å². The van der Waals surface area contributed by atoms with E-state index in [1.807, 2.05) is 60.7 Å². The van der Waals surface area contributed by atoms with E-state index in [1.165, 1.54) is 9.80 Å². The molecule has 16 heteroatoms. The van der Waals surface area contributed by atoms with Crippen LogP contribution in [0.1, 0.15) is 112 Å². The van der Waals surface area contributed by atoms with Crippen LogP contribution in [-0.2, 0) is 65.4 Å². The summed E-state index contributed by atoms with van der Waals surface area (Å²) in [6.45, 7) is 22.4. The summed E-state index contributed by atoms with van der Waals surface area (Å²) >= 11 is 0. The molecule has 2 aromatic carbocycles. The number of ether oxygens (including phenoxy) is 9. The minimum Gasteiger partial charge on any atom is -0.480 e. The summed E-state index contributed by atoms with van der Waals surface area (Å²) in [5.74, 6) is -1.48. The monoisotopic (exact) mass is 931 g/mol. The summed E-state index contributed by atoms with van der Waals surface area (Å²) < 4.78 is 50.6. The Kier molecular flexibility index (Phi) is 24.4. The maximum Gasteiger partial charge on any atom is 0.411 e. The average Bonchev–Trinajstić information content (AvgIpc) is 3.87. The Hall–Kier alpha value is -4.32. The number of carboxylic acid groups (broad SMARTS) is 1. The second kappa shape index (κ2) is 28.8. The highest BCUT2D eigenvalue weighted by Gasteiger charge is 2.44. The third-order valence-electron chi connectivity index (χ3n) is 9.70. The molecule has 0 aromatic heterocycles. The van der Waals surface area contributed by atoms with E-state index in [4.69, 9.17) is 42.6 Å². The van der Waals surface area contributed by atoms with Gasteiger partial charge in [-0.3, -0.25) is 9.80 Å². The van der Waals surface area contributed by atoms with Crippen LogP contribution in [0.5, 0.6) is 0 Å². The summed E-state index contributed by atoms with van der Waals surface area (Å²) in [7, 11) is 0. The van der Waals surface area contributed by atoms with Crippen LogP contribution in [0.4, 0.5) is 9.59 Å². The zero-order valence-electron chi connectivity index (χ0n) is 41.0. The first-order valence-corrected chi connectivity index (χ1v) is 23.3. The van der Waals surface area contributed by atoms with Crippen LogP contribution in [0.3, 0.4) is 0 Å². The molecule has 2 aliphatic rings. The molecule has 0 bridgehead atoms. The first kappa shape index (κ1) is 56.0. The van der Waals surface area contributed by atoms with Crippen LogP contribution in [0.15, 0.2) is 60.7 Å². The molecule has 1 N–H and O–H groups in total.